The van der Waals surface area contributed by atoms with Gasteiger partial charge in [-0.25, -0.2) is 8.78 Å². The molecule has 1 saturated heterocycles. The molecule has 1 unspecified atom stereocenters. The van der Waals surface area contributed by atoms with E-state index in [1.54, 1.807) is 0 Å². The molecule has 84 valence electrons. The molecule has 4 heteroatoms. The molecule has 1 heterocycles. The van der Waals surface area contributed by atoms with Gasteiger partial charge in [0.25, 0.3) is 0 Å². The number of rotatable bonds is 2. The highest BCUT2D eigenvalue weighted by Crippen LogP contribution is 2.32. The number of hydrogen-bond donors (Lipinski definition) is 0. The molecule has 0 radical (unpaired) electrons. The van der Waals surface area contributed by atoms with Gasteiger partial charge in [-0.2, -0.15) is 5.26 Å². The van der Waals surface area contributed by atoms with E-state index in [-0.39, 0.29) is 12.0 Å². The molecular weight excluding hydrogens is 212 g/mol. The normalized spacial score (nSPS) is 24.3. The first-order valence-corrected chi connectivity index (χ1v) is 5.09. The average Bonchev–Trinajstić information content (AvgIpc) is 2.74. The predicted molar refractivity (Wildman–Crippen MR) is 53.5 cm³/mol. The Bertz CT molecular complexity index is 433. The van der Waals surface area contributed by atoms with Crippen LogP contribution in [-0.4, -0.2) is 13.2 Å². The van der Waals surface area contributed by atoms with Crippen LogP contribution in [0.2, 0.25) is 0 Å². The second kappa shape index (κ2) is 4.18. The fourth-order valence-corrected chi connectivity index (χ4v) is 1.92. The smallest absolute Gasteiger partial charge is 0.162 e. The average molecular weight is 223 g/mol. The molecule has 0 aromatic heterocycles. The second-order valence-corrected chi connectivity index (χ2v) is 4.08. The van der Waals surface area contributed by atoms with E-state index in [1.807, 2.05) is 0 Å². The lowest BCUT2D eigenvalue weighted by Gasteiger charge is -2.18. The molecule has 0 N–H and O–H groups in total. The van der Waals surface area contributed by atoms with Gasteiger partial charge in [-0.15, -0.1) is 0 Å². The van der Waals surface area contributed by atoms with Gasteiger partial charge in [-0.1, -0.05) is 12.1 Å². The second-order valence-electron chi connectivity index (χ2n) is 4.08. The molecule has 0 saturated carbocycles. The standard InChI is InChI=1S/C12H11F2NO/c13-10-3-1-2-9(11(10)14)6-12(7-15)4-5-16-8-12/h1-3H,4-6,8H2. The lowest BCUT2D eigenvalue weighted by Crippen LogP contribution is -2.22. The maximum Gasteiger partial charge on any atom is 0.162 e. The molecule has 16 heavy (non-hydrogen) atoms. The summed E-state index contributed by atoms with van der Waals surface area (Å²) < 4.78 is 31.6. The number of benzene rings is 1. The van der Waals surface area contributed by atoms with Crippen molar-refractivity contribution in [2.45, 2.75) is 12.8 Å². The summed E-state index contributed by atoms with van der Waals surface area (Å²) in [7, 11) is 0. The van der Waals surface area contributed by atoms with Gasteiger partial charge in [0.2, 0.25) is 0 Å². The summed E-state index contributed by atoms with van der Waals surface area (Å²) in [4.78, 5) is 0. The molecule has 1 atom stereocenters. The van der Waals surface area contributed by atoms with Gasteiger partial charge in [0, 0.05) is 6.61 Å². The summed E-state index contributed by atoms with van der Waals surface area (Å²) in [6.07, 6.45) is 0.770. The summed E-state index contributed by atoms with van der Waals surface area (Å²) in [6.45, 7) is 0.796. The fourth-order valence-electron chi connectivity index (χ4n) is 1.92. The van der Waals surface area contributed by atoms with Gasteiger partial charge in [-0.05, 0) is 24.5 Å². The predicted octanol–water partition coefficient (Wildman–Crippen LogP) is 2.44. The minimum atomic E-state index is -0.871. The SMILES string of the molecule is N#CC1(Cc2cccc(F)c2F)CCOC1. The molecule has 2 nitrogen and oxygen atoms in total. The quantitative estimate of drug-likeness (QED) is 0.771. The molecule has 0 aliphatic carbocycles. The van der Waals surface area contributed by atoms with Crippen molar-refractivity contribution in [1.82, 2.24) is 0 Å². The monoisotopic (exact) mass is 223 g/mol. The van der Waals surface area contributed by atoms with Crippen LogP contribution in [0.4, 0.5) is 8.78 Å². The van der Waals surface area contributed by atoms with Crippen molar-refractivity contribution in [2.75, 3.05) is 13.2 Å². The summed E-state index contributed by atoms with van der Waals surface area (Å²) in [6, 6.07) is 6.19. The van der Waals surface area contributed by atoms with E-state index in [0.717, 1.165) is 6.07 Å². The van der Waals surface area contributed by atoms with Crippen molar-refractivity contribution in [2.24, 2.45) is 5.41 Å². The zero-order chi connectivity index (χ0) is 11.6. The Balaban J connectivity index is 2.27. The molecule has 0 bridgehead atoms. The maximum absolute atomic E-state index is 13.4. The van der Waals surface area contributed by atoms with Crippen LogP contribution < -0.4 is 0 Å². The highest BCUT2D eigenvalue weighted by atomic mass is 19.2. The van der Waals surface area contributed by atoms with E-state index >= 15 is 0 Å². The first-order valence-electron chi connectivity index (χ1n) is 5.09. The molecule has 1 aliphatic heterocycles. The first-order chi connectivity index (χ1) is 7.67. The third-order valence-electron chi connectivity index (χ3n) is 2.90. The van der Waals surface area contributed by atoms with Crippen LogP contribution in [0, 0.1) is 28.4 Å². The lowest BCUT2D eigenvalue weighted by molar-refractivity contribution is 0.171. The minimum absolute atomic E-state index is 0.201. The molecule has 1 fully saturated rings. The van der Waals surface area contributed by atoms with Crippen molar-refractivity contribution in [3.63, 3.8) is 0 Å². The van der Waals surface area contributed by atoms with Crippen LogP contribution in [0.25, 0.3) is 0 Å². The van der Waals surface area contributed by atoms with Crippen molar-refractivity contribution in [3.8, 4) is 6.07 Å². The Labute approximate surface area is 92.5 Å². The lowest BCUT2D eigenvalue weighted by atomic mass is 9.82. The third kappa shape index (κ3) is 1.91. The summed E-state index contributed by atoms with van der Waals surface area (Å²) >= 11 is 0. The molecule has 2 rings (SSSR count). The van der Waals surface area contributed by atoms with Gasteiger partial charge < -0.3 is 4.74 Å². The van der Waals surface area contributed by atoms with Gasteiger partial charge >= 0.3 is 0 Å². The summed E-state index contributed by atoms with van der Waals surface area (Å²) in [5, 5.41) is 9.09. The fraction of sp³-hybridized carbons (Fsp3) is 0.417. The van der Waals surface area contributed by atoms with Crippen LogP contribution in [0.1, 0.15) is 12.0 Å². The van der Waals surface area contributed by atoms with Gasteiger partial charge in [-0.3, -0.25) is 0 Å². The number of halogens is 2. The number of hydrogen-bond acceptors (Lipinski definition) is 2. The topological polar surface area (TPSA) is 33.0 Å². The van der Waals surface area contributed by atoms with E-state index in [2.05, 4.69) is 6.07 Å². The zero-order valence-electron chi connectivity index (χ0n) is 8.67. The van der Waals surface area contributed by atoms with Crippen LogP contribution in [0.3, 0.4) is 0 Å². The zero-order valence-corrected chi connectivity index (χ0v) is 8.67. The van der Waals surface area contributed by atoms with Gasteiger partial charge in [0.05, 0.1) is 18.1 Å². The van der Waals surface area contributed by atoms with Crippen molar-refractivity contribution in [1.29, 1.82) is 5.26 Å². The van der Waals surface area contributed by atoms with E-state index in [4.69, 9.17) is 10.00 Å². The van der Waals surface area contributed by atoms with Crippen molar-refractivity contribution < 1.29 is 13.5 Å². The number of nitrogens with zero attached hydrogens (tertiary/aromatic N) is 1. The Morgan fingerprint density at radius 1 is 1.44 bits per heavy atom. The van der Waals surface area contributed by atoms with Crippen LogP contribution in [0.5, 0.6) is 0 Å². The van der Waals surface area contributed by atoms with Crippen molar-refractivity contribution in [3.05, 3.63) is 35.4 Å². The molecular formula is C12H11F2NO. The maximum atomic E-state index is 13.4. The molecule has 1 aliphatic rings. The van der Waals surface area contributed by atoms with Crippen LogP contribution in [0.15, 0.2) is 18.2 Å². The van der Waals surface area contributed by atoms with E-state index in [0.29, 0.717) is 19.6 Å². The van der Waals surface area contributed by atoms with Crippen LogP contribution in [-0.2, 0) is 11.2 Å². The van der Waals surface area contributed by atoms with Gasteiger partial charge in [0.1, 0.15) is 0 Å². The first kappa shape index (κ1) is 11.0. The van der Waals surface area contributed by atoms with E-state index < -0.39 is 17.0 Å². The Hall–Kier alpha value is -1.47. The largest absolute Gasteiger partial charge is 0.380 e. The number of ether oxygens (including phenoxy) is 1. The Morgan fingerprint density at radius 3 is 2.88 bits per heavy atom. The molecule has 0 amide bonds. The van der Waals surface area contributed by atoms with Gasteiger partial charge in [0.15, 0.2) is 11.6 Å². The summed E-state index contributed by atoms with van der Waals surface area (Å²) in [5.41, 5.74) is -0.457. The highest BCUT2D eigenvalue weighted by molar-refractivity contribution is 5.23. The minimum Gasteiger partial charge on any atom is -0.380 e. The third-order valence-corrected chi connectivity index (χ3v) is 2.90. The van der Waals surface area contributed by atoms with Crippen molar-refractivity contribution >= 4 is 0 Å². The molecule has 1 aromatic rings. The van der Waals surface area contributed by atoms with E-state index in [9.17, 15) is 8.78 Å². The Kier molecular flexibility index (Phi) is 2.88. The highest BCUT2D eigenvalue weighted by Gasteiger charge is 2.36. The van der Waals surface area contributed by atoms with Crippen LogP contribution >= 0.6 is 0 Å². The van der Waals surface area contributed by atoms with E-state index in [1.165, 1.54) is 12.1 Å². The molecule has 1 aromatic carbocycles. The molecule has 0 spiro atoms. The summed E-state index contributed by atoms with van der Waals surface area (Å²) in [5.74, 6) is -1.73. The number of nitriles is 1. The Morgan fingerprint density at radius 2 is 2.25 bits per heavy atom.